The summed E-state index contributed by atoms with van der Waals surface area (Å²) < 4.78 is 2.09. The van der Waals surface area contributed by atoms with Crippen LogP contribution >= 0.6 is 0 Å². The van der Waals surface area contributed by atoms with Crippen LogP contribution in [-0.2, 0) is 0 Å². The van der Waals surface area contributed by atoms with Gasteiger partial charge in [-0.15, -0.1) is 0 Å². The van der Waals surface area contributed by atoms with Gasteiger partial charge in [0.25, 0.3) is 0 Å². The van der Waals surface area contributed by atoms with Crippen molar-refractivity contribution in [1.82, 2.24) is 24.8 Å². The fourth-order valence-corrected chi connectivity index (χ4v) is 2.61. The maximum Gasteiger partial charge on any atom is 0.182 e. The number of hydrogen-bond donors (Lipinski definition) is 2. The lowest BCUT2D eigenvalue weighted by atomic mass is 9.77. The Kier molecular flexibility index (Phi) is 8.57. The predicted octanol–water partition coefficient (Wildman–Crippen LogP) is 5.62. The second kappa shape index (κ2) is 10.0. The van der Waals surface area contributed by atoms with Gasteiger partial charge in [-0.1, -0.05) is 52.0 Å². The second-order valence-corrected chi connectivity index (χ2v) is 9.11. The Morgan fingerprint density at radius 1 is 1.17 bits per heavy atom. The standard InChI is InChI=1S/C20H31N5.C3H9N.H2/c1-13(2)20(9,10-15(5)19(6,7)8)24-18-16-17(21-11-22-18)23-12-25(16)14(3)4;1-3-4-2;/h11-12,14H,1,5,10H2,2-4,6-9H3,(H,21,22,24);4H,3H2,1-2H3;1H. The van der Waals surface area contributed by atoms with Crippen molar-refractivity contribution in [3.05, 3.63) is 37.0 Å². The third-order valence-electron chi connectivity index (χ3n) is 5.24. The van der Waals surface area contributed by atoms with E-state index < -0.39 is 0 Å². The van der Waals surface area contributed by atoms with E-state index in [1.807, 2.05) is 20.3 Å². The zero-order chi connectivity index (χ0) is 22.4. The van der Waals surface area contributed by atoms with Crippen LogP contribution in [0.25, 0.3) is 11.2 Å². The molecule has 0 aromatic carbocycles. The molecule has 6 nitrogen and oxygen atoms in total. The quantitative estimate of drug-likeness (QED) is 0.589. The fourth-order valence-electron chi connectivity index (χ4n) is 2.61. The number of hydrogen-bond acceptors (Lipinski definition) is 5. The minimum Gasteiger partial charge on any atom is -0.359 e. The van der Waals surface area contributed by atoms with Crippen LogP contribution in [-0.4, -0.2) is 38.7 Å². The van der Waals surface area contributed by atoms with Crippen LogP contribution in [0.1, 0.15) is 69.3 Å². The fraction of sp³-hybridized carbons (Fsp3) is 0.609. The van der Waals surface area contributed by atoms with Crippen LogP contribution in [0.5, 0.6) is 0 Å². The van der Waals surface area contributed by atoms with Gasteiger partial charge in [-0.05, 0) is 53.1 Å². The van der Waals surface area contributed by atoms with Gasteiger partial charge in [0.1, 0.15) is 11.8 Å². The number of nitrogens with one attached hydrogen (secondary N) is 2. The summed E-state index contributed by atoms with van der Waals surface area (Å²) in [6, 6.07) is 0.275. The number of imidazole rings is 1. The lowest BCUT2D eigenvalue weighted by molar-refractivity contribution is 0.447. The summed E-state index contributed by atoms with van der Waals surface area (Å²) in [5.41, 5.74) is 3.53. The van der Waals surface area contributed by atoms with Gasteiger partial charge in [0.05, 0.1) is 11.9 Å². The Morgan fingerprint density at radius 2 is 1.76 bits per heavy atom. The largest absolute Gasteiger partial charge is 0.359 e. The Labute approximate surface area is 178 Å². The SMILES string of the molecule is C=C(CC(C)(Nc1ncnc2ncn(C(C)C)c12)C(=C)C)C(C)(C)C.CCNC.[HH]. The second-order valence-electron chi connectivity index (χ2n) is 9.11. The van der Waals surface area contributed by atoms with E-state index >= 15 is 0 Å². The summed E-state index contributed by atoms with van der Waals surface area (Å²) in [6.07, 6.45) is 4.16. The van der Waals surface area contributed by atoms with E-state index in [9.17, 15) is 0 Å². The molecule has 0 fully saturated rings. The number of aromatic nitrogens is 4. The number of nitrogens with zero attached hydrogens (tertiary/aromatic N) is 4. The highest BCUT2D eigenvalue weighted by molar-refractivity contribution is 5.83. The van der Waals surface area contributed by atoms with Gasteiger partial charge in [0.2, 0.25) is 0 Å². The molecular formula is C23H42N6. The summed E-state index contributed by atoms with van der Waals surface area (Å²) in [5, 5.41) is 6.54. The molecule has 1 unspecified atom stereocenters. The summed E-state index contributed by atoms with van der Waals surface area (Å²) in [7, 11) is 1.93. The molecule has 6 heteroatoms. The van der Waals surface area contributed by atoms with E-state index in [0.717, 1.165) is 29.9 Å². The van der Waals surface area contributed by atoms with Gasteiger partial charge >= 0.3 is 0 Å². The summed E-state index contributed by atoms with van der Waals surface area (Å²) in [5.74, 6) is 0.781. The van der Waals surface area contributed by atoms with Crippen LogP contribution in [0.2, 0.25) is 0 Å². The molecule has 2 heterocycles. The molecule has 1 atom stereocenters. The van der Waals surface area contributed by atoms with Crippen LogP contribution in [0, 0.1) is 5.41 Å². The third-order valence-corrected chi connectivity index (χ3v) is 5.24. The molecule has 0 aliphatic carbocycles. The Bertz CT molecular complexity index is 832. The Morgan fingerprint density at radius 3 is 2.21 bits per heavy atom. The molecule has 0 saturated heterocycles. The molecule has 2 aromatic heterocycles. The summed E-state index contributed by atoms with van der Waals surface area (Å²) >= 11 is 0. The average Bonchev–Trinajstić information content (AvgIpc) is 3.06. The van der Waals surface area contributed by atoms with Gasteiger partial charge in [-0.3, -0.25) is 0 Å². The molecular weight excluding hydrogens is 360 g/mol. The van der Waals surface area contributed by atoms with Crippen molar-refractivity contribution in [2.45, 2.75) is 73.4 Å². The molecule has 0 amide bonds. The Balaban J connectivity index is 0.00000154. The van der Waals surface area contributed by atoms with E-state index in [0.29, 0.717) is 5.65 Å². The van der Waals surface area contributed by atoms with Gasteiger partial charge in [0.15, 0.2) is 11.5 Å². The van der Waals surface area contributed by atoms with Crippen LogP contribution in [0.4, 0.5) is 5.82 Å². The molecule has 0 aliphatic rings. The van der Waals surface area contributed by atoms with Gasteiger partial charge in [-0.25, -0.2) is 15.0 Å². The summed E-state index contributed by atoms with van der Waals surface area (Å²) in [4.78, 5) is 13.2. The lowest BCUT2D eigenvalue weighted by Crippen LogP contribution is -2.38. The first-order valence-electron chi connectivity index (χ1n) is 10.3. The van der Waals surface area contributed by atoms with Crippen molar-refractivity contribution in [2.75, 3.05) is 18.9 Å². The predicted molar refractivity (Wildman–Crippen MR) is 127 cm³/mol. The molecule has 2 N–H and O–H groups in total. The van der Waals surface area contributed by atoms with E-state index in [2.05, 4.69) is 91.8 Å². The van der Waals surface area contributed by atoms with E-state index in [1.54, 1.807) is 6.33 Å². The van der Waals surface area contributed by atoms with E-state index in [4.69, 9.17) is 0 Å². The minimum absolute atomic E-state index is 0. The molecule has 0 bridgehead atoms. The molecule has 0 aliphatic heterocycles. The van der Waals surface area contributed by atoms with Gasteiger partial charge in [0, 0.05) is 7.47 Å². The highest BCUT2D eigenvalue weighted by atomic mass is 15.2. The average molecular weight is 403 g/mol. The number of fused-ring (bicyclic) bond motifs is 1. The first-order chi connectivity index (χ1) is 13.4. The van der Waals surface area contributed by atoms with Crippen molar-refractivity contribution < 1.29 is 1.43 Å². The lowest BCUT2D eigenvalue weighted by Gasteiger charge is -2.36. The molecule has 2 rings (SSSR count). The smallest absolute Gasteiger partial charge is 0.182 e. The maximum atomic E-state index is 4.51. The monoisotopic (exact) mass is 402 g/mol. The van der Waals surface area contributed by atoms with Gasteiger partial charge in [-0.2, -0.15) is 0 Å². The highest BCUT2D eigenvalue weighted by Crippen LogP contribution is 2.36. The zero-order valence-electron chi connectivity index (χ0n) is 19.8. The van der Waals surface area contributed by atoms with Crippen molar-refractivity contribution >= 4 is 17.0 Å². The third kappa shape index (κ3) is 6.39. The minimum atomic E-state index is -0.349. The molecule has 0 spiro atoms. The van der Waals surface area contributed by atoms with E-state index in [-0.39, 0.29) is 18.4 Å². The molecule has 2 aromatic rings. The summed E-state index contributed by atoms with van der Waals surface area (Å²) in [6.45, 7) is 26.6. The normalized spacial score (nSPS) is 13.6. The van der Waals surface area contributed by atoms with Crippen LogP contribution in [0.3, 0.4) is 0 Å². The first-order valence-corrected chi connectivity index (χ1v) is 10.3. The van der Waals surface area contributed by atoms with Crippen LogP contribution < -0.4 is 10.6 Å². The molecule has 164 valence electrons. The van der Waals surface area contributed by atoms with Crippen LogP contribution in [0.15, 0.2) is 37.0 Å². The number of anilines is 1. The van der Waals surface area contributed by atoms with Gasteiger partial charge < -0.3 is 15.2 Å². The topological polar surface area (TPSA) is 67.7 Å². The van der Waals surface area contributed by atoms with Crippen molar-refractivity contribution in [3.63, 3.8) is 0 Å². The molecule has 0 saturated carbocycles. The molecule has 0 radical (unpaired) electrons. The van der Waals surface area contributed by atoms with Crippen molar-refractivity contribution in [2.24, 2.45) is 5.41 Å². The maximum absolute atomic E-state index is 4.51. The van der Waals surface area contributed by atoms with E-state index in [1.165, 1.54) is 5.57 Å². The first kappa shape index (κ1) is 24.8. The number of rotatable bonds is 7. The highest BCUT2D eigenvalue weighted by Gasteiger charge is 2.31. The zero-order valence-corrected chi connectivity index (χ0v) is 19.8. The van der Waals surface area contributed by atoms with Crippen molar-refractivity contribution in [1.29, 1.82) is 0 Å². The Hall–Kier alpha value is -2.21. The molecule has 29 heavy (non-hydrogen) atoms. The van der Waals surface area contributed by atoms with Crippen molar-refractivity contribution in [3.8, 4) is 0 Å².